The summed E-state index contributed by atoms with van der Waals surface area (Å²) in [6.07, 6.45) is 39.6. The fourth-order valence-electron chi connectivity index (χ4n) is 5.66. The molecule has 2 unspecified atom stereocenters. The third-order valence-electron chi connectivity index (χ3n) is 8.85. The number of hydrogen-bond acceptors (Lipinski definition) is 7. The van der Waals surface area contributed by atoms with Gasteiger partial charge in [0, 0.05) is 19.4 Å². The van der Waals surface area contributed by atoms with Crippen LogP contribution in [0, 0.1) is 0 Å². The summed E-state index contributed by atoms with van der Waals surface area (Å²) in [4.78, 5) is 33.8. The van der Waals surface area contributed by atoms with E-state index in [0.29, 0.717) is 6.42 Å². The van der Waals surface area contributed by atoms with E-state index in [1.807, 2.05) is 0 Å². The van der Waals surface area contributed by atoms with Crippen molar-refractivity contribution in [2.45, 2.75) is 200 Å². The molecule has 2 atom stereocenters. The van der Waals surface area contributed by atoms with Crippen LogP contribution < -0.4 is 5.32 Å². The van der Waals surface area contributed by atoms with Crippen LogP contribution in [0.5, 0.6) is 0 Å². The highest BCUT2D eigenvalue weighted by Crippen LogP contribution is 2.42. The molecule has 0 saturated carbocycles. The third-order valence-corrected chi connectivity index (χ3v) is 9.84. The number of phosphoric ester groups is 1. The smallest absolute Gasteiger partial charge is 0.463 e. The van der Waals surface area contributed by atoms with E-state index in [2.05, 4.69) is 43.5 Å². The number of carbonyl (C=O) groups is 2. The number of aliphatic hydroxyl groups is 1. The fraction of sp³-hybridized carbons (Fsp3) is 0.854. The SMILES string of the molecule is CCCCCCC/C=C\CCCCCCCC(=O)NCCOP(=O)(O)OCC(O)COC(=O)CCCCCCC/C=C\CCCCCCCCC. The van der Waals surface area contributed by atoms with Crippen LogP contribution in [0.4, 0.5) is 0 Å². The number of rotatable bonds is 39. The summed E-state index contributed by atoms with van der Waals surface area (Å²) in [5, 5.41) is 12.7. The van der Waals surface area contributed by atoms with Gasteiger partial charge in [0.1, 0.15) is 12.7 Å². The average molecular weight is 744 g/mol. The van der Waals surface area contributed by atoms with Gasteiger partial charge in [-0.15, -0.1) is 0 Å². The normalized spacial score (nSPS) is 13.6. The Hall–Kier alpha value is -1.51. The van der Waals surface area contributed by atoms with E-state index in [4.69, 9.17) is 13.8 Å². The van der Waals surface area contributed by atoms with Crippen molar-refractivity contribution >= 4 is 19.7 Å². The van der Waals surface area contributed by atoms with Crippen LogP contribution in [-0.2, 0) is 27.9 Å². The first-order valence-electron chi connectivity index (χ1n) is 20.8. The quantitative estimate of drug-likeness (QED) is 0.0245. The fourth-order valence-corrected chi connectivity index (χ4v) is 6.42. The minimum atomic E-state index is -4.41. The standard InChI is InChI=1S/C41H78NO8P/c1-3-5-7-9-11-13-15-17-19-20-22-24-26-28-30-32-34-41(45)48-37-39(43)38-50-51(46,47)49-36-35-42-40(44)33-31-29-27-25-23-21-18-16-14-12-10-8-6-4-2/h16,18-20,39,43H,3-15,17,21-38H2,1-2H3,(H,42,44)(H,46,47)/b18-16-,20-19-. The number of ether oxygens (including phenoxy) is 1. The number of carbonyl (C=O) groups excluding carboxylic acids is 2. The van der Waals surface area contributed by atoms with Crippen molar-refractivity contribution in [3.63, 3.8) is 0 Å². The van der Waals surface area contributed by atoms with Crippen LogP contribution >= 0.6 is 7.82 Å². The zero-order valence-corrected chi connectivity index (χ0v) is 33.7. The summed E-state index contributed by atoms with van der Waals surface area (Å²) in [6.45, 7) is 3.53. The van der Waals surface area contributed by atoms with Crippen LogP contribution in [0.2, 0.25) is 0 Å². The Labute approximate surface area is 312 Å². The lowest BCUT2D eigenvalue weighted by atomic mass is 10.1. The van der Waals surface area contributed by atoms with Crippen LogP contribution in [0.25, 0.3) is 0 Å². The first-order chi connectivity index (χ1) is 24.8. The van der Waals surface area contributed by atoms with Crippen molar-refractivity contribution in [2.24, 2.45) is 0 Å². The van der Waals surface area contributed by atoms with Gasteiger partial charge in [-0.2, -0.15) is 0 Å². The summed E-state index contributed by atoms with van der Waals surface area (Å²) in [7, 11) is -4.41. The second-order valence-electron chi connectivity index (χ2n) is 14.0. The zero-order chi connectivity index (χ0) is 37.5. The van der Waals surface area contributed by atoms with Gasteiger partial charge in [-0.25, -0.2) is 4.57 Å². The van der Waals surface area contributed by atoms with Crippen molar-refractivity contribution in [1.29, 1.82) is 0 Å². The highest BCUT2D eigenvalue weighted by Gasteiger charge is 2.23. The average Bonchev–Trinajstić information content (AvgIpc) is 3.11. The molecule has 0 saturated heterocycles. The van der Waals surface area contributed by atoms with Gasteiger partial charge in [-0.1, -0.05) is 141 Å². The molecule has 1 amide bonds. The van der Waals surface area contributed by atoms with Crippen LogP contribution in [0.3, 0.4) is 0 Å². The number of esters is 1. The van der Waals surface area contributed by atoms with Gasteiger partial charge in [0.05, 0.1) is 13.2 Å². The minimum absolute atomic E-state index is 0.0776. The van der Waals surface area contributed by atoms with E-state index in [1.54, 1.807) is 0 Å². The van der Waals surface area contributed by atoms with Crippen molar-refractivity contribution in [2.75, 3.05) is 26.4 Å². The highest BCUT2D eigenvalue weighted by molar-refractivity contribution is 7.47. The molecule has 51 heavy (non-hydrogen) atoms. The number of nitrogens with one attached hydrogen (secondary N) is 1. The molecule has 10 heteroatoms. The third kappa shape index (κ3) is 39.5. The topological polar surface area (TPSA) is 131 Å². The molecular weight excluding hydrogens is 665 g/mol. The number of unbranched alkanes of at least 4 members (excludes halogenated alkanes) is 22. The Balaban J connectivity index is 3.62. The van der Waals surface area contributed by atoms with Crippen molar-refractivity contribution in [1.82, 2.24) is 5.32 Å². The summed E-state index contributed by atoms with van der Waals surface area (Å²) >= 11 is 0. The first-order valence-corrected chi connectivity index (χ1v) is 22.3. The van der Waals surface area contributed by atoms with Crippen molar-refractivity contribution in [3.8, 4) is 0 Å². The molecule has 0 heterocycles. The molecule has 9 nitrogen and oxygen atoms in total. The molecule has 0 aromatic rings. The molecule has 3 N–H and O–H groups in total. The van der Waals surface area contributed by atoms with Gasteiger partial charge in [0.25, 0.3) is 0 Å². The van der Waals surface area contributed by atoms with Crippen molar-refractivity contribution in [3.05, 3.63) is 24.3 Å². The molecule has 0 bridgehead atoms. The number of allylic oxidation sites excluding steroid dienone is 4. The van der Waals surface area contributed by atoms with E-state index in [9.17, 15) is 24.2 Å². The van der Waals surface area contributed by atoms with E-state index in [0.717, 1.165) is 70.6 Å². The molecule has 0 spiro atoms. The molecule has 0 aromatic heterocycles. The minimum Gasteiger partial charge on any atom is -0.463 e. The van der Waals surface area contributed by atoms with Gasteiger partial charge in [0.2, 0.25) is 5.91 Å². The molecule has 0 fully saturated rings. The Morgan fingerprint density at radius 3 is 1.47 bits per heavy atom. The lowest BCUT2D eigenvalue weighted by molar-refractivity contribution is -0.147. The van der Waals surface area contributed by atoms with Crippen LogP contribution in [0.1, 0.15) is 194 Å². The van der Waals surface area contributed by atoms with Gasteiger partial charge in [0.15, 0.2) is 0 Å². The predicted octanol–water partition coefficient (Wildman–Crippen LogP) is 11.2. The molecule has 0 rings (SSSR count). The van der Waals surface area contributed by atoms with Gasteiger partial charge >= 0.3 is 13.8 Å². The number of aliphatic hydroxyl groups excluding tert-OH is 1. The predicted molar refractivity (Wildman–Crippen MR) is 211 cm³/mol. The summed E-state index contributed by atoms with van der Waals surface area (Å²) in [5.41, 5.74) is 0. The molecule has 0 aliphatic carbocycles. The second kappa shape index (κ2) is 38.2. The maximum Gasteiger partial charge on any atom is 0.472 e. The summed E-state index contributed by atoms with van der Waals surface area (Å²) < 4.78 is 26.8. The van der Waals surface area contributed by atoms with E-state index in [-0.39, 0.29) is 32.1 Å². The number of amides is 1. The largest absolute Gasteiger partial charge is 0.472 e. The Bertz CT molecular complexity index is 897. The maximum absolute atomic E-state index is 12.1. The van der Waals surface area contributed by atoms with E-state index in [1.165, 1.54) is 96.3 Å². The Kier molecular flexibility index (Phi) is 37.1. The van der Waals surface area contributed by atoms with Crippen molar-refractivity contribution < 1.29 is 37.9 Å². The zero-order valence-electron chi connectivity index (χ0n) is 32.8. The molecule has 300 valence electrons. The number of phosphoric acid groups is 1. The Morgan fingerprint density at radius 2 is 1.00 bits per heavy atom. The number of hydrogen-bond donors (Lipinski definition) is 3. The van der Waals surface area contributed by atoms with E-state index >= 15 is 0 Å². The van der Waals surface area contributed by atoms with Gasteiger partial charge in [-0.3, -0.25) is 18.6 Å². The molecule has 0 radical (unpaired) electrons. The lowest BCUT2D eigenvalue weighted by Crippen LogP contribution is -2.27. The molecule has 0 aliphatic heterocycles. The second-order valence-corrected chi connectivity index (χ2v) is 15.4. The summed E-state index contributed by atoms with van der Waals surface area (Å²) in [6, 6.07) is 0. The molecule has 0 aliphatic rings. The highest BCUT2D eigenvalue weighted by atomic mass is 31.2. The van der Waals surface area contributed by atoms with Crippen LogP contribution in [0.15, 0.2) is 24.3 Å². The summed E-state index contributed by atoms with van der Waals surface area (Å²) in [5.74, 6) is -0.531. The molecule has 0 aromatic carbocycles. The van der Waals surface area contributed by atoms with Gasteiger partial charge in [-0.05, 0) is 64.2 Å². The maximum atomic E-state index is 12.1. The lowest BCUT2D eigenvalue weighted by Gasteiger charge is -2.15. The molecular formula is C41H78NO8P. The monoisotopic (exact) mass is 744 g/mol. The Morgan fingerprint density at radius 1 is 0.588 bits per heavy atom. The van der Waals surface area contributed by atoms with E-state index < -0.39 is 26.5 Å². The first kappa shape index (κ1) is 49.5. The van der Waals surface area contributed by atoms with Gasteiger partial charge < -0.3 is 20.1 Å². The van der Waals surface area contributed by atoms with Crippen LogP contribution in [-0.4, -0.2) is 54.3 Å².